The number of nitrogens with one attached hydrogen (secondary N) is 1. The third-order valence-electron chi connectivity index (χ3n) is 3.19. The van der Waals surface area contributed by atoms with E-state index < -0.39 is 0 Å². The lowest BCUT2D eigenvalue weighted by Crippen LogP contribution is -2.31. The van der Waals surface area contributed by atoms with E-state index in [0.29, 0.717) is 23.7 Å². The van der Waals surface area contributed by atoms with Gasteiger partial charge in [-0.15, -0.1) is 24.8 Å². The highest BCUT2D eigenvalue weighted by atomic mass is 35.5. The molecule has 1 aromatic heterocycles. The van der Waals surface area contributed by atoms with Crippen LogP contribution in [0.3, 0.4) is 0 Å². The first kappa shape index (κ1) is 21.7. The summed E-state index contributed by atoms with van der Waals surface area (Å²) in [6.45, 7) is 3.09. The summed E-state index contributed by atoms with van der Waals surface area (Å²) in [5.41, 5.74) is 7.92. The number of amides is 1. The highest BCUT2D eigenvalue weighted by Crippen LogP contribution is 2.21. The molecule has 0 aliphatic rings. The summed E-state index contributed by atoms with van der Waals surface area (Å²) in [5.74, 6) is 0.111. The molecule has 7 heteroatoms. The van der Waals surface area contributed by atoms with E-state index in [-0.39, 0.29) is 36.6 Å². The molecule has 1 amide bonds. The molecule has 1 aromatic carbocycles. The van der Waals surface area contributed by atoms with Crippen molar-refractivity contribution in [2.45, 2.75) is 6.92 Å². The number of carbonyl (C=O) groups is 1. The molecule has 0 bridgehead atoms. The van der Waals surface area contributed by atoms with Gasteiger partial charge in [0, 0.05) is 29.5 Å². The third-order valence-corrected chi connectivity index (χ3v) is 3.44. The van der Waals surface area contributed by atoms with Gasteiger partial charge in [0.1, 0.15) is 0 Å². The summed E-state index contributed by atoms with van der Waals surface area (Å²) < 4.78 is 0. The molecule has 0 fully saturated rings. The number of hydrogen-bond acceptors (Lipinski definition) is 3. The third kappa shape index (κ3) is 6.36. The number of nitrogens with zero attached hydrogens (tertiary/aromatic N) is 1. The fourth-order valence-electron chi connectivity index (χ4n) is 1.82. The molecule has 0 saturated heterocycles. The van der Waals surface area contributed by atoms with Crippen molar-refractivity contribution < 1.29 is 4.79 Å². The summed E-state index contributed by atoms with van der Waals surface area (Å²) in [6.07, 6.45) is 3.28. The van der Waals surface area contributed by atoms with E-state index in [0.717, 1.165) is 11.1 Å². The van der Waals surface area contributed by atoms with Gasteiger partial charge in [-0.1, -0.05) is 30.7 Å². The molecule has 0 saturated carbocycles. The van der Waals surface area contributed by atoms with Crippen LogP contribution in [0.2, 0.25) is 5.02 Å². The van der Waals surface area contributed by atoms with Gasteiger partial charge in [-0.25, -0.2) is 0 Å². The Bertz CT molecular complexity index is 620. The summed E-state index contributed by atoms with van der Waals surface area (Å²) >= 11 is 5.88. The smallest absolute Gasteiger partial charge is 0.252 e. The van der Waals surface area contributed by atoms with Gasteiger partial charge >= 0.3 is 0 Å². The number of carbonyl (C=O) groups excluding carboxylic acids is 1. The molecule has 1 atom stereocenters. The predicted octanol–water partition coefficient (Wildman–Crippen LogP) is 3.57. The van der Waals surface area contributed by atoms with Gasteiger partial charge in [0.25, 0.3) is 5.91 Å². The first-order valence-electron chi connectivity index (χ1n) is 6.79. The standard InChI is InChI=1S/C16H18ClN3O.2ClH/c1-11(7-18)8-20-16(21)14-6-13(9-19-10-14)12-2-4-15(17)5-3-12;;/h2-6,9-11H,7-8,18H2,1H3,(H,20,21);2*1H. The van der Waals surface area contributed by atoms with Gasteiger partial charge in [0.05, 0.1) is 5.56 Å². The molecular formula is C16H20Cl3N3O. The molecule has 23 heavy (non-hydrogen) atoms. The number of pyridine rings is 1. The fraction of sp³-hybridized carbons (Fsp3) is 0.250. The van der Waals surface area contributed by atoms with Crippen LogP contribution in [0.5, 0.6) is 0 Å². The summed E-state index contributed by atoms with van der Waals surface area (Å²) in [4.78, 5) is 16.2. The second-order valence-corrected chi connectivity index (χ2v) is 5.46. The molecule has 2 rings (SSSR count). The number of aromatic nitrogens is 1. The van der Waals surface area contributed by atoms with Crippen LogP contribution in [0.4, 0.5) is 0 Å². The Morgan fingerprint density at radius 2 is 1.87 bits per heavy atom. The maximum absolute atomic E-state index is 12.1. The molecule has 0 aliphatic heterocycles. The maximum atomic E-state index is 12.1. The zero-order chi connectivity index (χ0) is 15.2. The van der Waals surface area contributed by atoms with Gasteiger partial charge in [0.2, 0.25) is 0 Å². The Balaban J connectivity index is 0.00000242. The summed E-state index contributed by atoms with van der Waals surface area (Å²) in [5, 5.41) is 3.53. The minimum absolute atomic E-state index is 0. The number of nitrogens with two attached hydrogens (primary N) is 1. The molecule has 0 aliphatic carbocycles. The Morgan fingerprint density at radius 1 is 1.22 bits per heavy atom. The molecular weight excluding hydrogens is 357 g/mol. The molecule has 1 heterocycles. The summed E-state index contributed by atoms with van der Waals surface area (Å²) in [7, 11) is 0. The quantitative estimate of drug-likeness (QED) is 0.838. The normalized spacial score (nSPS) is 10.9. The van der Waals surface area contributed by atoms with Crippen LogP contribution in [0, 0.1) is 5.92 Å². The van der Waals surface area contributed by atoms with Crippen molar-refractivity contribution in [2.75, 3.05) is 13.1 Å². The first-order chi connectivity index (χ1) is 10.1. The average molecular weight is 377 g/mol. The van der Waals surface area contributed by atoms with E-state index >= 15 is 0 Å². The predicted molar refractivity (Wildman–Crippen MR) is 99.7 cm³/mol. The van der Waals surface area contributed by atoms with Gasteiger partial charge in [0.15, 0.2) is 0 Å². The van der Waals surface area contributed by atoms with E-state index in [9.17, 15) is 4.79 Å². The van der Waals surface area contributed by atoms with Crippen LogP contribution in [0.15, 0.2) is 42.7 Å². The minimum Gasteiger partial charge on any atom is -0.352 e. The average Bonchev–Trinajstić information content (AvgIpc) is 2.53. The van der Waals surface area contributed by atoms with Crippen LogP contribution in [0.1, 0.15) is 17.3 Å². The van der Waals surface area contributed by atoms with Crippen molar-refractivity contribution in [3.63, 3.8) is 0 Å². The van der Waals surface area contributed by atoms with Gasteiger partial charge in [-0.05, 0) is 36.2 Å². The topological polar surface area (TPSA) is 68.0 Å². The lowest BCUT2D eigenvalue weighted by molar-refractivity contribution is 0.0948. The monoisotopic (exact) mass is 375 g/mol. The van der Waals surface area contributed by atoms with Crippen molar-refractivity contribution in [2.24, 2.45) is 11.7 Å². The number of rotatable bonds is 5. The lowest BCUT2D eigenvalue weighted by atomic mass is 10.1. The lowest BCUT2D eigenvalue weighted by Gasteiger charge is -2.10. The molecule has 0 radical (unpaired) electrons. The van der Waals surface area contributed by atoms with Gasteiger partial charge < -0.3 is 11.1 Å². The Morgan fingerprint density at radius 3 is 2.48 bits per heavy atom. The maximum Gasteiger partial charge on any atom is 0.252 e. The zero-order valence-electron chi connectivity index (χ0n) is 12.7. The Labute approximate surface area is 153 Å². The second kappa shape index (κ2) is 10.4. The number of benzene rings is 1. The zero-order valence-corrected chi connectivity index (χ0v) is 15.0. The summed E-state index contributed by atoms with van der Waals surface area (Å²) in [6, 6.07) is 9.24. The fourth-order valence-corrected chi connectivity index (χ4v) is 1.94. The molecule has 1 unspecified atom stereocenters. The van der Waals surface area contributed by atoms with Gasteiger partial charge in [-0.2, -0.15) is 0 Å². The van der Waals surface area contributed by atoms with Crippen molar-refractivity contribution in [3.8, 4) is 11.1 Å². The van der Waals surface area contributed by atoms with E-state index in [1.54, 1.807) is 12.4 Å². The number of halogens is 3. The van der Waals surface area contributed by atoms with Crippen LogP contribution in [0.25, 0.3) is 11.1 Å². The Hall–Kier alpha value is -1.33. The van der Waals surface area contributed by atoms with Crippen molar-refractivity contribution in [3.05, 3.63) is 53.3 Å². The molecule has 2 aromatic rings. The molecule has 3 N–H and O–H groups in total. The molecule has 4 nitrogen and oxygen atoms in total. The SMILES string of the molecule is CC(CN)CNC(=O)c1cncc(-c2ccc(Cl)cc2)c1.Cl.Cl. The van der Waals surface area contributed by atoms with Crippen molar-refractivity contribution in [1.82, 2.24) is 10.3 Å². The van der Waals surface area contributed by atoms with Crippen molar-refractivity contribution in [1.29, 1.82) is 0 Å². The molecule has 0 spiro atoms. The van der Waals surface area contributed by atoms with Gasteiger partial charge in [-0.3, -0.25) is 9.78 Å². The largest absolute Gasteiger partial charge is 0.352 e. The van der Waals surface area contributed by atoms with Crippen LogP contribution < -0.4 is 11.1 Å². The van der Waals surface area contributed by atoms with Crippen LogP contribution in [-0.4, -0.2) is 24.0 Å². The van der Waals surface area contributed by atoms with Crippen molar-refractivity contribution >= 4 is 42.3 Å². The van der Waals surface area contributed by atoms with Crippen LogP contribution in [-0.2, 0) is 0 Å². The Kier molecular flexibility index (Phi) is 9.84. The second-order valence-electron chi connectivity index (χ2n) is 5.02. The highest BCUT2D eigenvalue weighted by molar-refractivity contribution is 6.30. The molecule has 126 valence electrons. The first-order valence-corrected chi connectivity index (χ1v) is 7.17. The minimum atomic E-state index is -0.140. The van der Waals surface area contributed by atoms with E-state index in [2.05, 4.69) is 10.3 Å². The highest BCUT2D eigenvalue weighted by Gasteiger charge is 2.09. The van der Waals surface area contributed by atoms with E-state index in [1.807, 2.05) is 37.3 Å². The number of hydrogen-bond donors (Lipinski definition) is 2. The van der Waals surface area contributed by atoms with E-state index in [1.165, 1.54) is 0 Å². The van der Waals surface area contributed by atoms with E-state index in [4.69, 9.17) is 17.3 Å². The van der Waals surface area contributed by atoms with Crippen LogP contribution >= 0.6 is 36.4 Å².